The van der Waals surface area contributed by atoms with Gasteiger partial charge in [0.2, 0.25) is 0 Å². The van der Waals surface area contributed by atoms with Crippen LogP contribution in [-0.4, -0.2) is 33.2 Å². The molecule has 1 atom stereocenters. The molecule has 0 radical (unpaired) electrons. The largest absolute Gasteiger partial charge is 0.465 e. The van der Waals surface area contributed by atoms with Gasteiger partial charge in [-0.25, -0.2) is 0 Å². The molecule has 0 unspecified atom stereocenters. The normalized spacial score (nSPS) is 13.2. The van der Waals surface area contributed by atoms with Crippen molar-refractivity contribution >= 4 is 5.97 Å². The molecular formula is C19H32NO2+. The van der Waals surface area contributed by atoms with Crippen LogP contribution in [0.25, 0.3) is 0 Å². The summed E-state index contributed by atoms with van der Waals surface area (Å²) >= 11 is 0. The molecule has 1 rings (SSSR count). The standard InChI is InChI=1S/C19H31NO2/c1-6-10-17(13-16-11-8-7-9-12-16)18(21)22-15-19(2,3)14-20(4)5/h7-9,11-12,17H,6,10,13-15H2,1-5H3/p+1/t17-/m1/s1. The molecule has 0 spiro atoms. The predicted molar refractivity (Wildman–Crippen MR) is 91.0 cm³/mol. The summed E-state index contributed by atoms with van der Waals surface area (Å²) in [4.78, 5) is 13.8. The van der Waals surface area contributed by atoms with Crippen LogP contribution in [0.1, 0.15) is 39.2 Å². The Kier molecular flexibility index (Phi) is 7.60. The van der Waals surface area contributed by atoms with Crippen LogP contribution in [0.3, 0.4) is 0 Å². The number of hydrogen-bond donors (Lipinski definition) is 1. The van der Waals surface area contributed by atoms with Crippen molar-refractivity contribution < 1.29 is 14.4 Å². The van der Waals surface area contributed by atoms with Gasteiger partial charge in [0.25, 0.3) is 0 Å². The van der Waals surface area contributed by atoms with Gasteiger partial charge in [0.1, 0.15) is 6.61 Å². The summed E-state index contributed by atoms with van der Waals surface area (Å²) in [5, 5.41) is 0. The fourth-order valence-corrected chi connectivity index (χ4v) is 2.94. The summed E-state index contributed by atoms with van der Waals surface area (Å²) in [5.41, 5.74) is 1.22. The molecule has 0 amide bonds. The number of nitrogens with one attached hydrogen (secondary N) is 1. The highest BCUT2D eigenvalue weighted by Gasteiger charge is 2.26. The third-order valence-electron chi connectivity index (χ3n) is 3.73. The lowest BCUT2D eigenvalue weighted by Gasteiger charge is -2.26. The summed E-state index contributed by atoms with van der Waals surface area (Å²) in [7, 11) is 4.25. The van der Waals surface area contributed by atoms with Crippen LogP contribution >= 0.6 is 0 Å². The van der Waals surface area contributed by atoms with Gasteiger partial charge in [0.05, 0.1) is 26.6 Å². The van der Waals surface area contributed by atoms with E-state index in [4.69, 9.17) is 4.74 Å². The molecule has 0 fully saturated rings. The Morgan fingerprint density at radius 1 is 1.23 bits per heavy atom. The van der Waals surface area contributed by atoms with E-state index in [0.717, 1.165) is 25.8 Å². The second-order valence-electron chi connectivity index (χ2n) is 7.33. The average molecular weight is 306 g/mol. The second kappa shape index (κ2) is 8.94. The average Bonchev–Trinajstić information content (AvgIpc) is 2.44. The zero-order valence-electron chi connectivity index (χ0n) is 14.8. The maximum atomic E-state index is 12.4. The first-order valence-electron chi connectivity index (χ1n) is 8.33. The number of benzene rings is 1. The van der Waals surface area contributed by atoms with Gasteiger partial charge in [0, 0.05) is 5.41 Å². The minimum Gasteiger partial charge on any atom is -0.465 e. The van der Waals surface area contributed by atoms with E-state index in [-0.39, 0.29) is 17.3 Å². The lowest BCUT2D eigenvalue weighted by atomic mass is 9.93. The fraction of sp³-hybridized carbons (Fsp3) is 0.632. The quantitative estimate of drug-likeness (QED) is 0.710. The Hall–Kier alpha value is -1.35. The van der Waals surface area contributed by atoms with Crippen molar-refractivity contribution in [1.82, 2.24) is 0 Å². The number of ether oxygens (including phenoxy) is 1. The molecule has 0 heterocycles. The summed E-state index contributed by atoms with van der Waals surface area (Å²) in [5.74, 6) is -0.0811. The van der Waals surface area contributed by atoms with Gasteiger partial charge in [-0.15, -0.1) is 0 Å². The Labute approximate surface area is 135 Å². The smallest absolute Gasteiger partial charge is 0.309 e. The van der Waals surface area contributed by atoms with Crippen LogP contribution < -0.4 is 4.90 Å². The van der Waals surface area contributed by atoms with Gasteiger partial charge >= 0.3 is 5.97 Å². The van der Waals surface area contributed by atoms with E-state index >= 15 is 0 Å². The third kappa shape index (κ3) is 7.08. The number of esters is 1. The monoisotopic (exact) mass is 306 g/mol. The van der Waals surface area contributed by atoms with Gasteiger partial charge in [-0.1, -0.05) is 57.5 Å². The molecule has 3 nitrogen and oxygen atoms in total. The highest BCUT2D eigenvalue weighted by atomic mass is 16.5. The van der Waals surface area contributed by atoms with E-state index in [1.54, 1.807) is 0 Å². The Bertz CT molecular complexity index is 440. The molecule has 0 bridgehead atoms. The van der Waals surface area contributed by atoms with Gasteiger partial charge in [-0.3, -0.25) is 4.79 Å². The minimum absolute atomic E-state index is 0.0119. The number of hydrogen-bond acceptors (Lipinski definition) is 2. The summed E-state index contributed by atoms with van der Waals surface area (Å²) in [6, 6.07) is 10.2. The Morgan fingerprint density at radius 2 is 1.86 bits per heavy atom. The van der Waals surface area contributed by atoms with Crippen molar-refractivity contribution in [2.45, 2.75) is 40.0 Å². The molecule has 0 aliphatic rings. The molecule has 22 heavy (non-hydrogen) atoms. The van der Waals surface area contributed by atoms with Crippen LogP contribution in [0.2, 0.25) is 0 Å². The van der Waals surface area contributed by atoms with Gasteiger partial charge < -0.3 is 9.64 Å². The van der Waals surface area contributed by atoms with Crippen molar-refractivity contribution in [1.29, 1.82) is 0 Å². The molecular weight excluding hydrogens is 274 g/mol. The third-order valence-corrected chi connectivity index (χ3v) is 3.73. The van der Waals surface area contributed by atoms with Crippen LogP contribution in [0.5, 0.6) is 0 Å². The maximum absolute atomic E-state index is 12.4. The van der Waals surface area contributed by atoms with Crippen molar-refractivity contribution in [3.8, 4) is 0 Å². The molecule has 1 aromatic rings. The van der Waals surface area contributed by atoms with Crippen molar-refractivity contribution in [2.75, 3.05) is 27.2 Å². The van der Waals surface area contributed by atoms with E-state index in [1.807, 2.05) is 18.2 Å². The summed E-state index contributed by atoms with van der Waals surface area (Å²) in [6.45, 7) is 7.90. The van der Waals surface area contributed by atoms with Crippen LogP contribution in [0.15, 0.2) is 30.3 Å². The van der Waals surface area contributed by atoms with E-state index in [9.17, 15) is 4.79 Å². The minimum atomic E-state index is -0.0486. The lowest BCUT2D eigenvalue weighted by Crippen LogP contribution is -3.07. The highest BCUT2D eigenvalue weighted by molar-refractivity contribution is 5.72. The molecule has 124 valence electrons. The van der Waals surface area contributed by atoms with Crippen LogP contribution in [0.4, 0.5) is 0 Å². The van der Waals surface area contributed by atoms with Gasteiger partial charge in [-0.2, -0.15) is 0 Å². The first-order valence-corrected chi connectivity index (χ1v) is 8.33. The zero-order valence-corrected chi connectivity index (χ0v) is 14.8. The van der Waals surface area contributed by atoms with E-state index < -0.39 is 0 Å². The number of carbonyl (C=O) groups excluding carboxylic acids is 1. The highest BCUT2D eigenvalue weighted by Crippen LogP contribution is 2.19. The number of carbonyl (C=O) groups is 1. The number of quaternary nitrogens is 1. The molecule has 0 saturated carbocycles. The zero-order chi connectivity index (χ0) is 16.6. The van der Waals surface area contributed by atoms with Crippen molar-refractivity contribution in [3.05, 3.63) is 35.9 Å². The Balaban J connectivity index is 2.58. The van der Waals surface area contributed by atoms with Gasteiger partial charge in [-0.05, 0) is 18.4 Å². The SMILES string of the molecule is CCC[C@H](Cc1ccccc1)C(=O)OCC(C)(C)C[NH+](C)C. The molecule has 3 heteroatoms. The first kappa shape index (κ1) is 18.7. The van der Waals surface area contributed by atoms with E-state index in [2.05, 4.69) is 47.0 Å². The van der Waals surface area contributed by atoms with Gasteiger partial charge in [0.15, 0.2) is 0 Å². The summed E-state index contributed by atoms with van der Waals surface area (Å²) in [6.07, 6.45) is 2.65. The lowest BCUT2D eigenvalue weighted by molar-refractivity contribution is -0.865. The molecule has 0 saturated heterocycles. The number of rotatable bonds is 9. The van der Waals surface area contributed by atoms with E-state index in [0.29, 0.717) is 6.61 Å². The van der Waals surface area contributed by atoms with Crippen molar-refractivity contribution in [2.24, 2.45) is 11.3 Å². The molecule has 0 aromatic heterocycles. The molecule has 1 N–H and O–H groups in total. The first-order chi connectivity index (χ1) is 10.3. The topological polar surface area (TPSA) is 30.7 Å². The van der Waals surface area contributed by atoms with E-state index in [1.165, 1.54) is 10.5 Å². The van der Waals surface area contributed by atoms with Crippen LogP contribution in [0, 0.1) is 11.3 Å². The Morgan fingerprint density at radius 3 is 2.41 bits per heavy atom. The van der Waals surface area contributed by atoms with Crippen molar-refractivity contribution in [3.63, 3.8) is 0 Å². The molecule has 1 aromatic carbocycles. The maximum Gasteiger partial charge on any atom is 0.309 e. The fourth-order valence-electron chi connectivity index (χ4n) is 2.94. The van der Waals surface area contributed by atoms with Crippen LogP contribution in [-0.2, 0) is 16.0 Å². The molecule has 0 aliphatic heterocycles. The second-order valence-corrected chi connectivity index (χ2v) is 7.33. The summed E-state index contributed by atoms with van der Waals surface area (Å²) < 4.78 is 5.64. The predicted octanol–water partition coefficient (Wildman–Crippen LogP) is 2.36. The molecule has 0 aliphatic carbocycles.